The second-order valence-electron chi connectivity index (χ2n) is 4.08. The zero-order valence-electron chi connectivity index (χ0n) is 9.57. The lowest BCUT2D eigenvalue weighted by Gasteiger charge is -2.11. The fourth-order valence-electron chi connectivity index (χ4n) is 1.76. The maximum Gasteiger partial charge on any atom is 0.133 e. The summed E-state index contributed by atoms with van der Waals surface area (Å²) in [5.41, 5.74) is 3.55. The molecule has 2 nitrogen and oxygen atoms in total. The molecule has 84 valence electrons. The number of aryl methyl sites for hydroxylation is 1. The van der Waals surface area contributed by atoms with Gasteiger partial charge in [-0.25, -0.2) is 4.98 Å². The van der Waals surface area contributed by atoms with Gasteiger partial charge >= 0.3 is 0 Å². The molecule has 2 heterocycles. The first-order valence-electron chi connectivity index (χ1n) is 5.23. The minimum atomic E-state index is 0.383. The summed E-state index contributed by atoms with van der Waals surface area (Å²) in [5.74, 6) is 0.383. The molecule has 16 heavy (non-hydrogen) atoms. The summed E-state index contributed by atoms with van der Waals surface area (Å²) in [5, 5.41) is 2.10. The Bertz CT molecular complexity index is 552. The topological polar surface area (TPSA) is 28.7 Å². The number of rotatable bonds is 2. The van der Waals surface area contributed by atoms with E-state index in [0.29, 0.717) is 10.6 Å². The molecule has 2 aromatic rings. The normalized spacial score (nSPS) is 11.0. The van der Waals surface area contributed by atoms with Gasteiger partial charge in [0.1, 0.15) is 4.64 Å². The molecule has 0 aliphatic carbocycles. The van der Waals surface area contributed by atoms with Crippen LogP contribution in [0.2, 0.25) is 0 Å². The Morgan fingerprint density at radius 1 is 1.44 bits per heavy atom. The van der Waals surface area contributed by atoms with Crippen LogP contribution in [-0.2, 0) is 0 Å². The van der Waals surface area contributed by atoms with Crippen molar-refractivity contribution in [3.8, 4) is 10.6 Å². The first-order chi connectivity index (χ1) is 7.61. The van der Waals surface area contributed by atoms with Crippen molar-refractivity contribution in [1.29, 1.82) is 0 Å². The highest BCUT2D eigenvalue weighted by Crippen LogP contribution is 2.33. The number of aromatic amines is 1. The predicted octanol–water partition coefficient (Wildman–Crippen LogP) is 4.30. The molecule has 0 saturated carbocycles. The third-order valence-electron chi connectivity index (χ3n) is 2.56. The molecule has 0 spiro atoms. The largest absolute Gasteiger partial charge is 0.345 e. The molecule has 0 unspecified atom stereocenters. The van der Waals surface area contributed by atoms with Gasteiger partial charge in [0.25, 0.3) is 0 Å². The summed E-state index contributed by atoms with van der Waals surface area (Å²) in [6.07, 6.45) is 1.68. The number of hydrogen-bond donors (Lipinski definition) is 1. The Hall–Kier alpha value is -1.00. The molecule has 0 atom stereocenters. The van der Waals surface area contributed by atoms with Crippen LogP contribution in [0.25, 0.3) is 10.6 Å². The summed E-state index contributed by atoms with van der Waals surface area (Å²) in [6.45, 7) is 6.41. The van der Waals surface area contributed by atoms with Crippen molar-refractivity contribution in [3.63, 3.8) is 0 Å². The molecule has 0 fully saturated rings. The van der Waals surface area contributed by atoms with Crippen LogP contribution in [0.4, 0.5) is 0 Å². The van der Waals surface area contributed by atoms with Crippen LogP contribution in [0.3, 0.4) is 0 Å². The molecular formula is C12H14N2S2. The van der Waals surface area contributed by atoms with Gasteiger partial charge in [-0.2, -0.15) is 0 Å². The fraction of sp³-hybridized carbons (Fsp3) is 0.333. The highest BCUT2D eigenvalue weighted by atomic mass is 32.1. The molecule has 0 radical (unpaired) electrons. The Morgan fingerprint density at radius 3 is 2.75 bits per heavy atom. The van der Waals surface area contributed by atoms with Gasteiger partial charge in [-0.3, -0.25) is 0 Å². The summed E-state index contributed by atoms with van der Waals surface area (Å²) in [7, 11) is 0. The van der Waals surface area contributed by atoms with Crippen molar-refractivity contribution in [2.75, 3.05) is 0 Å². The molecular weight excluding hydrogens is 236 g/mol. The van der Waals surface area contributed by atoms with Crippen LogP contribution in [0, 0.1) is 11.6 Å². The molecule has 0 amide bonds. The van der Waals surface area contributed by atoms with Gasteiger partial charge in [0.05, 0.1) is 16.9 Å². The van der Waals surface area contributed by atoms with E-state index >= 15 is 0 Å². The van der Waals surface area contributed by atoms with Crippen LogP contribution in [0.5, 0.6) is 0 Å². The zero-order valence-corrected chi connectivity index (χ0v) is 11.2. The van der Waals surface area contributed by atoms with E-state index in [1.165, 1.54) is 10.4 Å². The summed E-state index contributed by atoms with van der Waals surface area (Å²) in [6, 6.07) is 2.13. The average Bonchev–Trinajstić information content (AvgIpc) is 2.63. The summed E-state index contributed by atoms with van der Waals surface area (Å²) in [4.78, 5) is 8.66. The van der Waals surface area contributed by atoms with Gasteiger partial charge in [0.2, 0.25) is 0 Å². The number of hydrogen-bond acceptors (Lipinski definition) is 3. The van der Waals surface area contributed by atoms with E-state index in [2.05, 4.69) is 42.2 Å². The van der Waals surface area contributed by atoms with E-state index in [9.17, 15) is 0 Å². The smallest absolute Gasteiger partial charge is 0.133 e. The van der Waals surface area contributed by atoms with Crippen LogP contribution in [0.1, 0.15) is 30.9 Å². The summed E-state index contributed by atoms with van der Waals surface area (Å²) >= 11 is 7.04. The van der Waals surface area contributed by atoms with Crippen molar-refractivity contribution in [1.82, 2.24) is 9.97 Å². The summed E-state index contributed by atoms with van der Waals surface area (Å²) < 4.78 is 0.705. The maximum atomic E-state index is 5.31. The third-order valence-corrected chi connectivity index (χ3v) is 3.92. The Kier molecular flexibility index (Phi) is 3.21. The van der Waals surface area contributed by atoms with E-state index in [4.69, 9.17) is 12.2 Å². The first kappa shape index (κ1) is 11.5. The SMILES string of the molecule is Cc1ccsc1-c1[nH]cnc(=S)c1C(C)C. The lowest BCUT2D eigenvalue weighted by molar-refractivity contribution is 0.844. The zero-order chi connectivity index (χ0) is 11.7. The maximum absolute atomic E-state index is 5.31. The van der Waals surface area contributed by atoms with E-state index in [0.717, 1.165) is 11.3 Å². The van der Waals surface area contributed by atoms with Crippen molar-refractivity contribution < 1.29 is 0 Å². The standard InChI is InChI=1S/C12H14N2S2/c1-7(2)9-10(13-6-14-12(9)15)11-8(3)4-5-16-11/h4-7H,1-3H3,(H,13,14,15). The highest BCUT2D eigenvalue weighted by molar-refractivity contribution is 7.71. The molecule has 0 aliphatic rings. The lowest BCUT2D eigenvalue weighted by Crippen LogP contribution is -1.98. The number of aromatic nitrogens is 2. The van der Waals surface area contributed by atoms with Gasteiger partial charge in [0, 0.05) is 5.56 Å². The predicted molar refractivity (Wildman–Crippen MR) is 71.6 cm³/mol. The van der Waals surface area contributed by atoms with Gasteiger partial charge in [0.15, 0.2) is 0 Å². The fourth-order valence-corrected chi connectivity index (χ4v) is 3.10. The van der Waals surface area contributed by atoms with E-state index in [-0.39, 0.29) is 0 Å². The van der Waals surface area contributed by atoms with Gasteiger partial charge in [-0.1, -0.05) is 26.1 Å². The van der Waals surface area contributed by atoms with Crippen molar-refractivity contribution in [2.24, 2.45) is 0 Å². The molecule has 0 aliphatic heterocycles. The quantitative estimate of drug-likeness (QED) is 0.805. The number of thiophene rings is 1. The third kappa shape index (κ3) is 1.95. The number of H-pyrrole nitrogens is 1. The Balaban J connectivity index is 2.71. The van der Waals surface area contributed by atoms with Crippen molar-refractivity contribution >= 4 is 23.6 Å². The van der Waals surface area contributed by atoms with Crippen molar-refractivity contribution in [2.45, 2.75) is 26.7 Å². The minimum Gasteiger partial charge on any atom is -0.345 e. The molecule has 2 aromatic heterocycles. The monoisotopic (exact) mass is 250 g/mol. The number of nitrogens with one attached hydrogen (secondary N) is 1. The molecule has 2 rings (SSSR count). The first-order valence-corrected chi connectivity index (χ1v) is 6.52. The molecule has 1 N–H and O–H groups in total. The van der Waals surface area contributed by atoms with Crippen LogP contribution >= 0.6 is 23.6 Å². The van der Waals surface area contributed by atoms with Gasteiger partial charge in [-0.15, -0.1) is 11.3 Å². The Morgan fingerprint density at radius 2 is 2.19 bits per heavy atom. The molecule has 0 saturated heterocycles. The number of nitrogens with zero attached hydrogens (tertiary/aromatic N) is 1. The molecule has 0 bridgehead atoms. The molecule has 0 aromatic carbocycles. The van der Waals surface area contributed by atoms with Crippen molar-refractivity contribution in [3.05, 3.63) is 33.5 Å². The van der Waals surface area contributed by atoms with Crippen LogP contribution in [0.15, 0.2) is 17.8 Å². The lowest BCUT2D eigenvalue weighted by atomic mass is 10.0. The van der Waals surface area contributed by atoms with Gasteiger partial charge < -0.3 is 4.98 Å². The highest BCUT2D eigenvalue weighted by Gasteiger charge is 2.13. The van der Waals surface area contributed by atoms with E-state index in [1.54, 1.807) is 17.7 Å². The second kappa shape index (κ2) is 4.47. The average molecular weight is 250 g/mol. The van der Waals surface area contributed by atoms with Gasteiger partial charge in [-0.05, 0) is 29.9 Å². The Labute approximate surface area is 104 Å². The van der Waals surface area contributed by atoms with Crippen LogP contribution in [-0.4, -0.2) is 9.97 Å². The molecule has 4 heteroatoms. The van der Waals surface area contributed by atoms with E-state index < -0.39 is 0 Å². The minimum absolute atomic E-state index is 0.383. The second-order valence-corrected chi connectivity index (χ2v) is 5.39. The van der Waals surface area contributed by atoms with Crippen LogP contribution < -0.4 is 0 Å². The van der Waals surface area contributed by atoms with E-state index in [1.807, 2.05) is 0 Å².